The minimum atomic E-state index is 0.622. The van der Waals surface area contributed by atoms with Crippen LogP contribution in [-0.2, 0) is 6.42 Å². The van der Waals surface area contributed by atoms with Crippen LogP contribution in [0.1, 0.15) is 17.5 Å². The molecule has 2 heterocycles. The normalized spacial score (nSPS) is 12.4. The molecule has 47 heavy (non-hydrogen) atoms. The second-order valence-corrected chi connectivity index (χ2v) is 11.9. The zero-order valence-electron chi connectivity index (χ0n) is 25.6. The molecule has 2 aromatic heterocycles. The van der Waals surface area contributed by atoms with Crippen molar-refractivity contribution in [1.29, 1.82) is 0 Å². The monoisotopic (exact) mass is 603 g/mol. The van der Waals surface area contributed by atoms with Crippen LogP contribution in [0.5, 0.6) is 0 Å². The number of fused-ring (bicyclic) bond motifs is 4. The molecule has 0 bridgehead atoms. The van der Waals surface area contributed by atoms with Gasteiger partial charge in [0.2, 0.25) is 0 Å². The van der Waals surface area contributed by atoms with Crippen LogP contribution in [0.2, 0.25) is 0 Å². The maximum Gasteiger partial charge on any atom is 0.165 e. The molecule has 0 aliphatic heterocycles. The summed E-state index contributed by atoms with van der Waals surface area (Å²) in [5.41, 5.74) is 11.6. The minimum absolute atomic E-state index is 0.622. The zero-order valence-corrected chi connectivity index (χ0v) is 25.6. The molecule has 222 valence electrons. The highest BCUT2D eigenvalue weighted by atomic mass is 16.3. The maximum absolute atomic E-state index is 6.39. The maximum atomic E-state index is 6.39. The molecular weight excluding hydrogens is 574 g/mol. The lowest BCUT2D eigenvalue weighted by Gasteiger charge is -2.20. The molecule has 0 unspecified atom stereocenters. The van der Waals surface area contributed by atoms with Crippen LogP contribution in [0.4, 0.5) is 0 Å². The predicted molar refractivity (Wildman–Crippen MR) is 192 cm³/mol. The number of hydrogen-bond donors (Lipinski definition) is 0. The third-order valence-electron chi connectivity index (χ3n) is 9.05. The Morgan fingerprint density at radius 3 is 1.83 bits per heavy atom. The predicted octanol–water partition coefficient (Wildman–Crippen LogP) is 11.1. The summed E-state index contributed by atoms with van der Waals surface area (Å²) in [4.78, 5) is 15.7. The van der Waals surface area contributed by atoms with Crippen molar-refractivity contribution in [3.8, 4) is 56.4 Å². The van der Waals surface area contributed by atoms with Gasteiger partial charge >= 0.3 is 0 Å². The van der Waals surface area contributed by atoms with Crippen molar-refractivity contribution in [3.05, 3.63) is 157 Å². The lowest BCUT2D eigenvalue weighted by atomic mass is 9.86. The van der Waals surface area contributed by atoms with Gasteiger partial charge in [-0.1, -0.05) is 133 Å². The van der Waals surface area contributed by atoms with E-state index in [2.05, 4.69) is 115 Å². The van der Waals surface area contributed by atoms with E-state index in [9.17, 15) is 0 Å². The fourth-order valence-corrected chi connectivity index (χ4v) is 6.86. The van der Waals surface area contributed by atoms with E-state index in [-0.39, 0.29) is 0 Å². The Morgan fingerprint density at radius 1 is 0.468 bits per heavy atom. The Bertz CT molecular complexity index is 2450. The van der Waals surface area contributed by atoms with Crippen LogP contribution >= 0.6 is 0 Å². The number of allylic oxidation sites excluding steroid dienone is 1. The van der Waals surface area contributed by atoms with Crippen LogP contribution in [0.15, 0.2) is 150 Å². The first kappa shape index (κ1) is 27.2. The van der Waals surface area contributed by atoms with Crippen LogP contribution < -0.4 is 0 Å². The van der Waals surface area contributed by atoms with Gasteiger partial charge in [0.1, 0.15) is 11.2 Å². The summed E-state index contributed by atoms with van der Waals surface area (Å²) in [6.45, 7) is 0. The fourth-order valence-electron chi connectivity index (χ4n) is 6.86. The second-order valence-electron chi connectivity index (χ2n) is 11.9. The van der Waals surface area contributed by atoms with Crippen molar-refractivity contribution in [3.63, 3.8) is 0 Å². The first-order valence-corrected chi connectivity index (χ1v) is 16.0. The van der Waals surface area contributed by atoms with Gasteiger partial charge in [0.25, 0.3) is 0 Å². The van der Waals surface area contributed by atoms with E-state index in [0.717, 1.165) is 62.6 Å². The summed E-state index contributed by atoms with van der Waals surface area (Å²) in [5, 5.41) is 2.04. The van der Waals surface area contributed by atoms with Gasteiger partial charge < -0.3 is 4.42 Å². The number of hydrogen-bond acceptors (Lipinski definition) is 4. The van der Waals surface area contributed by atoms with Gasteiger partial charge in [0, 0.05) is 27.5 Å². The van der Waals surface area contributed by atoms with Crippen molar-refractivity contribution >= 4 is 28.0 Å². The number of benzene rings is 6. The fraction of sp³-hybridized carbons (Fsp3) is 0.0465. The molecular formula is C43H29N3O. The van der Waals surface area contributed by atoms with Gasteiger partial charge in [0.05, 0.1) is 0 Å². The molecule has 4 heteroatoms. The molecule has 1 aliphatic rings. The quantitative estimate of drug-likeness (QED) is 0.196. The lowest BCUT2D eigenvalue weighted by Crippen LogP contribution is -2.05. The molecule has 0 saturated heterocycles. The molecule has 0 N–H and O–H groups in total. The number of aromatic nitrogens is 3. The summed E-state index contributed by atoms with van der Waals surface area (Å²) in [6, 6.07) is 48.0. The van der Waals surface area contributed by atoms with Crippen molar-refractivity contribution < 1.29 is 4.42 Å². The highest BCUT2D eigenvalue weighted by molar-refractivity contribution is 6.15. The van der Waals surface area contributed by atoms with Crippen molar-refractivity contribution in [2.24, 2.45) is 0 Å². The Kier molecular flexibility index (Phi) is 6.57. The van der Waals surface area contributed by atoms with Gasteiger partial charge in [-0.3, -0.25) is 0 Å². The van der Waals surface area contributed by atoms with E-state index in [0.29, 0.717) is 17.5 Å². The van der Waals surface area contributed by atoms with Crippen molar-refractivity contribution in [2.75, 3.05) is 0 Å². The standard InChI is InChI=1S/C43H29N3O/c1-4-14-28(15-5-1)31-24-25-35(34-21-11-10-20-33(31)34)42-44-41(30-18-8-3-9-19-30)45-43(46-42)40-32(29-16-6-2-7-17-29)26-27-38-39(40)36-22-12-13-23-37(36)47-38/h1-10,12-20,22-27H,11,21H2. The zero-order chi connectivity index (χ0) is 31.2. The molecule has 8 aromatic rings. The van der Waals surface area contributed by atoms with Gasteiger partial charge in [-0.25, -0.2) is 15.0 Å². The van der Waals surface area contributed by atoms with E-state index < -0.39 is 0 Å². The van der Waals surface area contributed by atoms with Crippen molar-refractivity contribution in [1.82, 2.24) is 15.0 Å². The highest BCUT2D eigenvalue weighted by Crippen LogP contribution is 2.43. The largest absolute Gasteiger partial charge is 0.456 e. The van der Waals surface area contributed by atoms with Gasteiger partial charge in [-0.15, -0.1) is 0 Å². The number of para-hydroxylation sites is 1. The van der Waals surface area contributed by atoms with E-state index in [1.165, 1.54) is 22.3 Å². The third-order valence-corrected chi connectivity index (χ3v) is 9.05. The Balaban J connectivity index is 1.36. The first-order chi connectivity index (χ1) is 23.3. The highest BCUT2D eigenvalue weighted by Gasteiger charge is 2.24. The molecule has 0 fully saturated rings. The number of rotatable bonds is 5. The second kappa shape index (κ2) is 11.3. The Labute approximate surface area is 272 Å². The molecule has 0 radical (unpaired) electrons. The lowest BCUT2D eigenvalue weighted by molar-refractivity contribution is 0.669. The molecule has 6 aromatic carbocycles. The third kappa shape index (κ3) is 4.74. The summed E-state index contributed by atoms with van der Waals surface area (Å²) in [7, 11) is 0. The minimum Gasteiger partial charge on any atom is -0.456 e. The molecule has 0 spiro atoms. The van der Waals surface area contributed by atoms with Crippen LogP contribution in [0.3, 0.4) is 0 Å². The number of furan rings is 1. The molecule has 0 saturated carbocycles. The summed E-state index contributed by atoms with van der Waals surface area (Å²) >= 11 is 0. The van der Waals surface area contributed by atoms with Crippen LogP contribution in [0.25, 0.3) is 84.4 Å². The van der Waals surface area contributed by atoms with Gasteiger partial charge in [0.15, 0.2) is 17.5 Å². The SMILES string of the molecule is C1=Cc2c(-c3ccccc3)ccc(-c3nc(-c4ccccc4)nc(-c4c(-c5ccccc5)ccc5oc6ccccc6c45)n3)c2CC1. The number of nitrogens with zero attached hydrogens (tertiary/aromatic N) is 3. The average molecular weight is 604 g/mol. The van der Waals surface area contributed by atoms with Crippen LogP contribution in [-0.4, -0.2) is 15.0 Å². The first-order valence-electron chi connectivity index (χ1n) is 16.0. The molecule has 0 amide bonds. The molecule has 9 rings (SSSR count). The average Bonchev–Trinajstić information content (AvgIpc) is 3.54. The van der Waals surface area contributed by atoms with E-state index in [1.807, 2.05) is 36.4 Å². The summed E-state index contributed by atoms with van der Waals surface area (Å²) in [6.07, 6.45) is 6.42. The van der Waals surface area contributed by atoms with E-state index >= 15 is 0 Å². The topological polar surface area (TPSA) is 51.8 Å². The van der Waals surface area contributed by atoms with Crippen molar-refractivity contribution in [2.45, 2.75) is 12.8 Å². The Hall–Kier alpha value is -6.13. The van der Waals surface area contributed by atoms with E-state index in [4.69, 9.17) is 19.4 Å². The Morgan fingerprint density at radius 2 is 1.06 bits per heavy atom. The van der Waals surface area contributed by atoms with Gasteiger partial charge in [-0.05, 0) is 64.4 Å². The molecule has 1 aliphatic carbocycles. The molecule has 4 nitrogen and oxygen atoms in total. The van der Waals surface area contributed by atoms with E-state index in [1.54, 1.807) is 0 Å². The van der Waals surface area contributed by atoms with Crippen LogP contribution in [0, 0.1) is 0 Å². The molecule has 0 atom stereocenters. The summed E-state index contributed by atoms with van der Waals surface area (Å²) < 4.78 is 6.39. The smallest absolute Gasteiger partial charge is 0.165 e. The summed E-state index contributed by atoms with van der Waals surface area (Å²) in [5.74, 6) is 1.93. The van der Waals surface area contributed by atoms with Gasteiger partial charge in [-0.2, -0.15) is 0 Å².